The van der Waals surface area contributed by atoms with Gasteiger partial charge in [-0.3, -0.25) is 9.59 Å². The number of hydrogen-bond donors (Lipinski definition) is 2. The van der Waals surface area contributed by atoms with E-state index in [1.165, 1.54) is 12.3 Å². The fourth-order valence-corrected chi connectivity index (χ4v) is 1.33. The number of carbonyl (C=O) groups is 1. The number of nitrogens with one attached hydrogen (secondary N) is 1. The maximum Gasteiger partial charge on any atom is 0.270 e. The van der Waals surface area contributed by atoms with Crippen molar-refractivity contribution >= 4 is 5.91 Å². The summed E-state index contributed by atoms with van der Waals surface area (Å²) in [6.07, 6.45) is 1.38. The molecule has 0 aliphatic rings. The van der Waals surface area contributed by atoms with Crippen LogP contribution in [0.2, 0.25) is 0 Å². The molecule has 20 heavy (non-hydrogen) atoms. The van der Waals surface area contributed by atoms with Crippen LogP contribution in [0.1, 0.15) is 6.92 Å². The lowest BCUT2D eigenvalue weighted by Gasteiger charge is -2.09. The normalized spacial score (nSPS) is 11.9. The Balaban J connectivity index is 2.55. The van der Waals surface area contributed by atoms with E-state index in [-0.39, 0.29) is 18.5 Å². The molecule has 0 spiro atoms. The van der Waals surface area contributed by atoms with Crippen LogP contribution in [-0.4, -0.2) is 48.6 Å². The van der Waals surface area contributed by atoms with Crippen LogP contribution in [0.5, 0.6) is 5.75 Å². The number of amides is 1. The Kier molecular flexibility index (Phi) is 6.68. The Bertz CT molecular complexity index is 487. The van der Waals surface area contributed by atoms with Crippen molar-refractivity contribution in [2.24, 2.45) is 5.73 Å². The molecular formula is C12H20N4O4. The Morgan fingerprint density at radius 2 is 2.35 bits per heavy atom. The third-order valence-electron chi connectivity index (χ3n) is 2.28. The zero-order chi connectivity index (χ0) is 15.0. The number of ether oxygens (including phenoxy) is 2. The van der Waals surface area contributed by atoms with Gasteiger partial charge in [-0.05, 0) is 6.92 Å². The Morgan fingerprint density at radius 1 is 1.60 bits per heavy atom. The number of carbonyl (C=O) groups excluding carboxylic acids is 1. The van der Waals surface area contributed by atoms with Gasteiger partial charge in [0.1, 0.15) is 18.9 Å². The van der Waals surface area contributed by atoms with Crippen LogP contribution in [0.3, 0.4) is 0 Å². The third-order valence-corrected chi connectivity index (χ3v) is 2.28. The van der Waals surface area contributed by atoms with E-state index < -0.39 is 5.56 Å². The van der Waals surface area contributed by atoms with Gasteiger partial charge >= 0.3 is 0 Å². The van der Waals surface area contributed by atoms with Crippen molar-refractivity contribution in [3.05, 3.63) is 22.6 Å². The van der Waals surface area contributed by atoms with Gasteiger partial charge in [0.05, 0.1) is 12.8 Å². The molecule has 0 saturated carbocycles. The van der Waals surface area contributed by atoms with E-state index >= 15 is 0 Å². The summed E-state index contributed by atoms with van der Waals surface area (Å²) in [7, 11) is 1.54. The minimum atomic E-state index is -0.408. The summed E-state index contributed by atoms with van der Waals surface area (Å²) >= 11 is 0. The number of methoxy groups -OCH3 is 1. The van der Waals surface area contributed by atoms with Gasteiger partial charge in [0, 0.05) is 25.8 Å². The van der Waals surface area contributed by atoms with Gasteiger partial charge in [-0.1, -0.05) is 0 Å². The lowest BCUT2D eigenvalue weighted by atomic mass is 10.4. The molecule has 1 rings (SSSR count). The summed E-state index contributed by atoms with van der Waals surface area (Å²) in [5, 5.41) is 6.47. The van der Waals surface area contributed by atoms with E-state index in [0.29, 0.717) is 25.5 Å². The average molecular weight is 284 g/mol. The molecule has 3 N–H and O–H groups in total. The van der Waals surface area contributed by atoms with E-state index in [4.69, 9.17) is 15.2 Å². The van der Waals surface area contributed by atoms with E-state index in [1.807, 2.05) is 0 Å². The first kappa shape index (κ1) is 16.1. The lowest BCUT2D eigenvalue weighted by molar-refractivity contribution is -0.122. The summed E-state index contributed by atoms with van der Waals surface area (Å²) in [6, 6.07) is 1.14. The molecule has 0 aliphatic heterocycles. The average Bonchev–Trinajstić information content (AvgIpc) is 2.39. The predicted octanol–water partition coefficient (Wildman–Crippen LogP) is -1.27. The van der Waals surface area contributed by atoms with E-state index in [9.17, 15) is 9.59 Å². The summed E-state index contributed by atoms with van der Waals surface area (Å²) in [5.74, 6) is 0.0317. The SMILES string of the molecule is COCCNC(=O)Cn1ncc(OCC(C)N)cc1=O. The van der Waals surface area contributed by atoms with Crippen molar-refractivity contribution in [1.82, 2.24) is 15.1 Å². The monoisotopic (exact) mass is 284 g/mol. The first-order valence-corrected chi connectivity index (χ1v) is 6.24. The first-order chi connectivity index (χ1) is 9.52. The van der Waals surface area contributed by atoms with Crippen molar-refractivity contribution in [3.63, 3.8) is 0 Å². The molecule has 1 aromatic rings. The summed E-state index contributed by atoms with van der Waals surface area (Å²) < 4.78 is 11.1. The standard InChI is InChI=1S/C12H20N4O4/c1-9(13)8-20-10-5-12(18)16(15-6-10)7-11(17)14-3-4-19-2/h5-6,9H,3-4,7-8,13H2,1-2H3,(H,14,17). The number of hydrogen-bond acceptors (Lipinski definition) is 6. The molecule has 1 amide bonds. The Labute approximate surface area is 116 Å². The molecule has 8 nitrogen and oxygen atoms in total. The topological polar surface area (TPSA) is 108 Å². The van der Waals surface area contributed by atoms with Crippen LogP contribution >= 0.6 is 0 Å². The fourth-order valence-electron chi connectivity index (χ4n) is 1.33. The number of nitrogens with zero attached hydrogens (tertiary/aromatic N) is 2. The second-order valence-electron chi connectivity index (χ2n) is 4.32. The van der Waals surface area contributed by atoms with Crippen molar-refractivity contribution in [1.29, 1.82) is 0 Å². The minimum absolute atomic E-state index is 0.135. The van der Waals surface area contributed by atoms with Gasteiger partial charge in [0.2, 0.25) is 5.91 Å². The van der Waals surface area contributed by atoms with Crippen LogP contribution in [0, 0.1) is 0 Å². The van der Waals surface area contributed by atoms with Crippen LogP contribution < -0.4 is 21.3 Å². The molecule has 0 saturated heterocycles. The van der Waals surface area contributed by atoms with Crippen molar-refractivity contribution in [2.45, 2.75) is 19.5 Å². The number of aromatic nitrogens is 2. The Morgan fingerprint density at radius 3 is 2.95 bits per heavy atom. The van der Waals surface area contributed by atoms with Crippen molar-refractivity contribution in [2.75, 3.05) is 26.9 Å². The zero-order valence-electron chi connectivity index (χ0n) is 11.7. The predicted molar refractivity (Wildman–Crippen MR) is 72.5 cm³/mol. The van der Waals surface area contributed by atoms with E-state index in [2.05, 4.69) is 10.4 Å². The second kappa shape index (κ2) is 8.28. The van der Waals surface area contributed by atoms with Crippen LogP contribution in [0.4, 0.5) is 0 Å². The molecule has 0 radical (unpaired) electrons. The number of nitrogens with two attached hydrogens (primary N) is 1. The smallest absolute Gasteiger partial charge is 0.270 e. The highest BCUT2D eigenvalue weighted by molar-refractivity contribution is 5.75. The lowest BCUT2D eigenvalue weighted by Crippen LogP contribution is -2.35. The molecule has 1 aromatic heterocycles. The van der Waals surface area contributed by atoms with Gasteiger partial charge in [-0.25, -0.2) is 4.68 Å². The maximum atomic E-state index is 11.7. The summed E-state index contributed by atoms with van der Waals surface area (Å²) in [4.78, 5) is 23.3. The Hall–Kier alpha value is -1.93. The van der Waals surface area contributed by atoms with Crippen molar-refractivity contribution < 1.29 is 14.3 Å². The fraction of sp³-hybridized carbons (Fsp3) is 0.583. The minimum Gasteiger partial charge on any atom is -0.490 e. The quantitative estimate of drug-likeness (QED) is 0.576. The van der Waals surface area contributed by atoms with Gasteiger partial charge < -0.3 is 20.5 Å². The molecule has 112 valence electrons. The first-order valence-electron chi connectivity index (χ1n) is 6.24. The zero-order valence-corrected chi connectivity index (χ0v) is 11.7. The van der Waals surface area contributed by atoms with Crippen LogP contribution in [0.25, 0.3) is 0 Å². The highest BCUT2D eigenvalue weighted by Gasteiger charge is 2.06. The molecule has 0 aliphatic carbocycles. The molecular weight excluding hydrogens is 264 g/mol. The molecule has 1 unspecified atom stereocenters. The highest BCUT2D eigenvalue weighted by atomic mass is 16.5. The van der Waals surface area contributed by atoms with E-state index in [0.717, 1.165) is 4.68 Å². The van der Waals surface area contributed by atoms with Gasteiger partial charge in [-0.2, -0.15) is 5.10 Å². The van der Waals surface area contributed by atoms with Crippen LogP contribution in [-0.2, 0) is 16.1 Å². The van der Waals surface area contributed by atoms with Gasteiger partial charge in [0.25, 0.3) is 5.56 Å². The second-order valence-corrected chi connectivity index (χ2v) is 4.32. The molecule has 0 bridgehead atoms. The van der Waals surface area contributed by atoms with E-state index in [1.54, 1.807) is 14.0 Å². The van der Waals surface area contributed by atoms with Gasteiger partial charge in [-0.15, -0.1) is 0 Å². The molecule has 1 atom stereocenters. The molecule has 0 aromatic carbocycles. The largest absolute Gasteiger partial charge is 0.490 e. The summed E-state index contributed by atoms with van der Waals surface area (Å²) in [6.45, 7) is 2.75. The number of rotatable bonds is 8. The van der Waals surface area contributed by atoms with Crippen LogP contribution in [0.15, 0.2) is 17.1 Å². The maximum absolute atomic E-state index is 11.7. The molecule has 1 heterocycles. The van der Waals surface area contributed by atoms with Gasteiger partial charge in [0.15, 0.2) is 0 Å². The third kappa shape index (κ3) is 5.81. The molecule has 8 heteroatoms. The molecule has 0 fully saturated rings. The highest BCUT2D eigenvalue weighted by Crippen LogP contribution is 2.03. The summed E-state index contributed by atoms with van der Waals surface area (Å²) in [5.41, 5.74) is 5.13. The van der Waals surface area contributed by atoms with Crippen molar-refractivity contribution in [3.8, 4) is 5.75 Å².